The molecule has 0 radical (unpaired) electrons. The first kappa shape index (κ1) is 11.3. The Morgan fingerprint density at radius 2 is 1.93 bits per heavy atom. The summed E-state index contributed by atoms with van der Waals surface area (Å²) >= 11 is 0. The van der Waals surface area contributed by atoms with Crippen molar-refractivity contribution < 1.29 is 4.79 Å². The Hall–Kier alpha value is -0.730. The highest BCUT2D eigenvalue weighted by Crippen LogP contribution is 2.06. The van der Waals surface area contributed by atoms with Gasteiger partial charge in [0.25, 0.3) is 0 Å². The average Bonchev–Trinajstić information content (AvgIpc) is 2.58. The van der Waals surface area contributed by atoms with Crippen LogP contribution in [0.1, 0.15) is 45.4 Å². The van der Waals surface area contributed by atoms with Crippen LogP contribution in [0.3, 0.4) is 0 Å². The van der Waals surface area contributed by atoms with Gasteiger partial charge in [-0.1, -0.05) is 39.0 Å². The monoisotopic (exact) mass is 198 g/mol. The number of amides is 2. The van der Waals surface area contributed by atoms with E-state index < -0.39 is 0 Å². The molecule has 1 fully saturated rings. The molecule has 1 aliphatic rings. The Bertz CT molecular complexity index is 171. The van der Waals surface area contributed by atoms with Gasteiger partial charge < -0.3 is 10.2 Å². The summed E-state index contributed by atoms with van der Waals surface area (Å²) in [4.78, 5) is 13.1. The van der Waals surface area contributed by atoms with E-state index >= 15 is 0 Å². The number of nitrogens with one attached hydrogen (secondary N) is 1. The molecule has 1 rings (SSSR count). The lowest BCUT2D eigenvalue weighted by Gasteiger charge is -2.13. The van der Waals surface area contributed by atoms with E-state index in [1.165, 1.54) is 32.1 Å². The van der Waals surface area contributed by atoms with Crippen molar-refractivity contribution in [1.82, 2.24) is 10.2 Å². The zero-order valence-electron chi connectivity index (χ0n) is 9.22. The largest absolute Gasteiger partial charge is 0.336 e. The lowest BCUT2D eigenvalue weighted by molar-refractivity contribution is 0.216. The van der Waals surface area contributed by atoms with Gasteiger partial charge in [-0.15, -0.1) is 0 Å². The van der Waals surface area contributed by atoms with Crippen molar-refractivity contribution >= 4 is 6.03 Å². The third-order valence-corrected chi connectivity index (χ3v) is 2.73. The van der Waals surface area contributed by atoms with E-state index in [-0.39, 0.29) is 6.03 Å². The molecule has 0 aromatic carbocycles. The minimum atomic E-state index is 0.124. The second-order valence-electron chi connectivity index (χ2n) is 3.99. The molecule has 0 saturated carbocycles. The van der Waals surface area contributed by atoms with Crippen LogP contribution in [0.15, 0.2) is 0 Å². The van der Waals surface area contributed by atoms with E-state index in [0.717, 1.165) is 26.1 Å². The Morgan fingerprint density at radius 1 is 1.21 bits per heavy atom. The van der Waals surface area contributed by atoms with Crippen LogP contribution in [0.5, 0.6) is 0 Å². The molecule has 0 unspecified atom stereocenters. The van der Waals surface area contributed by atoms with Gasteiger partial charge in [-0.3, -0.25) is 0 Å². The van der Waals surface area contributed by atoms with Crippen LogP contribution in [-0.4, -0.2) is 30.6 Å². The Balaban J connectivity index is 1.90. The molecule has 1 aliphatic heterocycles. The number of hydrogen-bond donors (Lipinski definition) is 1. The smallest absolute Gasteiger partial charge is 0.317 e. The van der Waals surface area contributed by atoms with Crippen LogP contribution in [0.2, 0.25) is 0 Å². The van der Waals surface area contributed by atoms with E-state index in [1.807, 2.05) is 4.90 Å². The standard InChI is InChI=1S/C11H22N2O/c1-2-3-4-5-6-7-9-13-10-8-12-11(13)14/h2-10H2,1H3,(H,12,14). The Labute approximate surface area is 86.9 Å². The molecule has 0 aromatic rings. The summed E-state index contributed by atoms with van der Waals surface area (Å²) in [6, 6.07) is 0.124. The number of carbonyl (C=O) groups excluding carboxylic acids is 1. The number of urea groups is 1. The molecule has 82 valence electrons. The van der Waals surface area contributed by atoms with Crippen molar-refractivity contribution in [3.63, 3.8) is 0 Å². The minimum Gasteiger partial charge on any atom is -0.336 e. The van der Waals surface area contributed by atoms with Gasteiger partial charge in [0.2, 0.25) is 0 Å². The Morgan fingerprint density at radius 3 is 2.57 bits per heavy atom. The molecular weight excluding hydrogens is 176 g/mol. The molecule has 14 heavy (non-hydrogen) atoms. The van der Waals surface area contributed by atoms with Gasteiger partial charge in [0, 0.05) is 19.6 Å². The summed E-state index contributed by atoms with van der Waals surface area (Å²) < 4.78 is 0. The van der Waals surface area contributed by atoms with Crippen molar-refractivity contribution in [3.05, 3.63) is 0 Å². The molecule has 1 saturated heterocycles. The molecular formula is C11H22N2O. The van der Waals surface area contributed by atoms with Crippen LogP contribution >= 0.6 is 0 Å². The van der Waals surface area contributed by atoms with Gasteiger partial charge >= 0.3 is 6.03 Å². The quantitative estimate of drug-likeness (QED) is 0.626. The number of carbonyl (C=O) groups is 1. The lowest BCUT2D eigenvalue weighted by Crippen LogP contribution is -2.28. The Kier molecular flexibility index (Phi) is 5.42. The van der Waals surface area contributed by atoms with Gasteiger partial charge in [-0.05, 0) is 6.42 Å². The zero-order valence-corrected chi connectivity index (χ0v) is 9.22. The normalized spacial score (nSPS) is 16.1. The first-order chi connectivity index (χ1) is 6.84. The van der Waals surface area contributed by atoms with Crippen molar-refractivity contribution in [2.24, 2.45) is 0 Å². The van der Waals surface area contributed by atoms with E-state index in [1.54, 1.807) is 0 Å². The van der Waals surface area contributed by atoms with Crippen molar-refractivity contribution in [2.45, 2.75) is 45.4 Å². The molecule has 0 bridgehead atoms. The summed E-state index contributed by atoms with van der Waals surface area (Å²) in [5.41, 5.74) is 0. The van der Waals surface area contributed by atoms with Crippen molar-refractivity contribution in [1.29, 1.82) is 0 Å². The topological polar surface area (TPSA) is 32.3 Å². The molecule has 0 atom stereocenters. The summed E-state index contributed by atoms with van der Waals surface area (Å²) in [7, 11) is 0. The lowest BCUT2D eigenvalue weighted by atomic mass is 10.1. The highest BCUT2D eigenvalue weighted by Gasteiger charge is 2.17. The third kappa shape index (κ3) is 3.99. The van der Waals surface area contributed by atoms with Crippen LogP contribution in [0, 0.1) is 0 Å². The second kappa shape index (κ2) is 6.68. The maximum absolute atomic E-state index is 11.2. The van der Waals surface area contributed by atoms with Crippen LogP contribution in [-0.2, 0) is 0 Å². The first-order valence-corrected chi connectivity index (χ1v) is 5.87. The third-order valence-electron chi connectivity index (χ3n) is 2.73. The second-order valence-corrected chi connectivity index (χ2v) is 3.99. The first-order valence-electron chi connectivity index (χ1n) is 5.87. The fraction of sp³-hybridized carbons (Fsp3) is 0.909. The molecule has 0 spiro atoms. The predicted molar refractivity (Wildman–Crippen MR) is 58.3 cm³/mol. The minimum absolute atomic E-state index is 0.124. The maximum Gasteiger partial charge on any atom is 0.317 e. The van der Waals surface area contributed by atoms with Crippen LogP contribution in [0.4, 0.5) is 4.79 Å². The van der Waals surface area contributed by atoms with Gasteiger partial charge in [0.15, 0.2) is 0 Å². The molecule has 2 amide bonds. The summed E-state index contributed by atoms with van der Waals surface area (Å²) in [6.07, 6.45) is 7.76. The average molecular weight is 198 g/mol. The van der Waals surface area contributed by atoms with Crippen molar-refractivity contribution in [3.8, 4) is 0 Å². The fourth-order valence-electron chi connectivity index (χ4n) is 1.81. The van der Waals surface area contributed by atoms with Crippen LogP contribution < -0.4 is 5.32 Å². The van der Waals surface area contributed by atoms with Gasteiger partial charge in [-0.2, -0.15) is 0 Å². The molecule has 1 N–H and O–H groups in total. The van der Waals surface area contributed by atoms with Gasteiger partial charge in [-0.25, -0.2) is 4.79 Å². The van der Waals surface area contributed by atoms with E-state index in [4.69, 9.17) is 0 Å². The molecule has 1 heterocycles. The van der Waals surface area contributed by atoms with E-state index in [0.29, 0.717) is 0 Å². The van der Waals surface area contributed by atoms with Crippen LogP contribution in [0.25, 0.3) is 0 Å². The van der Waals surface area contributed by atoms with Crippen molar-refractivity contribution in [2.75, 3.05) is 19.6 Å². The molecule has 0 aliphatic carbocycles. The molecule has 0 aromatic heterocycles. The highest BCUT2D eigenvalue weighted by molar-refractivity contribution is 5.76. The van der Waals surface area contributed by atoms with Gasteiger partial charge in [0.1, 0.15) is 0 Å². The summed E-state index contributed by atoms with van der Waals surface area (Å²) in [5.74, 6) is 0. The number of unbranched alkanes of at least 4 members (excludes halogenated alkanes) is 5. The predicted octanol–water partition coefficient (Wildman–Crippen LogP) is 2.37. The molecule has 3 heteroatoms. The SMILES string of the molecule is CCCCCCCCN1CCNC1=O. The number of rotatable bonds is 7. The maximum atomic E-state index is 11.2. The summed E-state index contributed by atoms with van der Waals surface area (Å²) in [5, 5.41) is 2.82. The molecule has 3 nitrogen and oxygen atoms in total. The van der Waals surface area contributed by atoms with E-state index in [9.17, 15) is 4.79 Å². The van der Waals surface area contributed by atoms with E-state index in [2.05, 4.69) is 12.2 Å². The zero-order chi connectivity index (χ0) is 10.2. The summed E-state index contributed by atoms with van der Waals surface area (Å²) in [6.45, 7) is 4.90. The van der Waals surface area contributed by atoms with Gasteiger partial charge in [0.05, 0.1) is 0 Å². The fourth-order valence-corrected chi connectivity index (χ4v) is 1.81. The number of hydrogen-bond acceptors (Lipinski definition) is 1. The number of nitrogens with zero attached hydrogens (tertiary/aromatic N) is 1. The highest BCUT2D eigenvalue weighted by atomic mass is 16.2.